The minimum atomic E-state index is -0.229. The molecule has 0 aliphatic carbocycles. The van der Waals surface area contributed by atoms with Gasteiger partial charge in [-0.1, -0.05) is 18.2 Å². The summed E-state index contributed by atoms with van der Waals surface area (Å²) in [6.45, 7) is 10.4. The fourth-order valence-electron chi connectivity index (χ4n) is 4.35. The molecule has 1 amide bonds. The molecule has 2 heterocycles. The summed E-state index contributed by atoms with van der Waals surface area (Å²) in [5, 5.41) is 12.4. The van der Waals surface area contributed by atoms with Crippen LogP contribution in [0.1, 0.15) is 46.2 Å². The highest BCUT2D eigenvalue weighted by molar-refractivity contribution is 5.83. The maximum Gasteiger partial charge on any atom is 0.275 e. The van der Waals surface area contributed by atoms with Crippen LogP contribution in [0.5, 0.6) is 0 Å². The first-order chi connectivity index (χ1) is 12.1. The van der Waals surface area contributed by atoms with Crippen molar-refractivity contribution in [3.8, 4) is 0 Å². The second kappa shape index (κ2) is 6.50. The van der Waals surface area contributed by atoms with Crippen LogP contribution in [-0.4, -0.2) is 32.8 Å². The molecule has 0 saturated carbocycles. The van der Waals surface area contributed by atoms with Crippen molar-refractivity contribution in [2.24, 2.45) is 0 Å². The number of carbonyl (C=O) groups excluding carboxylic acids is 1. The van der Waals surface area contributed by atoms with Crippen LogP contribution in [0.3, 0.4) is 0 Å². The molecule has 140 valence electrons. The van der Waals surface area contributed by atoms with E-state index < -0.39 is 0 Å². The van der Waals surface area contributed by atoms with Crippen LogP contribution in [0, 0.1) is 6.92 Å². The van der Waals surface area contributed by atoms with E-state index in [-0.39, 0.29) is 35.1 Å². The number of hydrogen-bond acceptors (Lipinski definition) is 4. The second-order valence-corrected chi connectivity index (χ2v) is 8.66. The Labute approximate surface area is 154 Å². The smallest absolute Gasteiger partial charge is 0.275 e. The lowest BCUT2D eigenvalue weighted by Crippen LogP contribution is -2.62. The van der Waals surface area contributed by atoms with E-state index in [2.05, 4.69) is 43.4 Å². The summed E-state index contributed by atoms with van der Waals surface area (Å²) in [6.07, 6.45) is 1.70. The zero-order valence-electron chi connectivity index (χ0n) is 16.2. The van der Waals surface area contributed by atoms with Crippen LogP contribution < -0.4 is 16.2 Å². The van der Waals surface area contributed by atoms with Gasteiger partial charge < -0.3 is 10.6 Å². The van der Waals surface area contributed by atoms with Gasteiger partial charge in [-0.15, -0.1) is 0 Å². The summed E-state index contributed by atoms with van der Waals surface area (Å²) in [5.74, 6) is -0.173. The number of hydrogen-bond donors (Lipinski definition) is 2. The predicted octanol–water partition coefficient (Wildman–Crippen LogP) is 2.13. The van der Waals surface area contributed by atoms with Crippen molar-refractivity contribution >= 4 is 16.7 Å². The molecule has 6 heteroatoms. The van der Waals surface area contributed by atoms with E-state index in [1.54, 1.807) is 6.07 Å². The summed E-state index contributed by atoms with van der Waals surface area (Å²) >= 11 is 0. The van der Waals surface area contributed by atoms with Gasteiger partial charge in [0.15, 0.2) is 0 Å². The van der Waals surface area contributed by atoms with E-state index in [0.29, 0.717) is 5.39 Å². The van der Waals surface area contributed by atoms with E-state index in [0.717, 1.165) is 23.9 Å². The number of fused-ring (bicyclic) bond motifs is 1. The van der Waals surface area contributed by atoms with Gasteiger partial charge in [-0.2, -0.15) is 5.10 Å². The highest BCUT2D eigenvalue weighted by Gasteiger charge is 2.38. The molecule has 0 unspecified atom stereocenters. The van der Waals surface area contributed by atoms with Crippen LogP contribution in [0.4, 0.5) is 0 Å². The van der Waals surface area contributed by atoms with Gasteiger partial charge in [-0.3, -0.25) is 9.59 Å². The van der Waals surface area contributed by atoms with Gasteiger partial charge in [0, 0.05) is 22.5 Å². The fraction of sp³-hybridized carbons (Fsp3) is 0.550. The average molecular weight is 356 g/mol. The molecule has 1 aromatic heterocycles. The van der Waals surface area contributed by atoms with Crippen molar-refractivity contribution in [3.05, 3.63) is 40.3 Å². The van der Waals surface area contributed by atoms with Gasteiger partial charge in [0.2, 0.25) is 5.91 Å². The van der Waals surface area contributed by atoms with Crippen molar-refractivity contribution in [2.75, 3.05) is 0 Å². The number of rotatable bonds is 3. The number of nitrogens with one attached hydrogen (secondary N) is 2. The molecule has 1 aromatic carbocycles. The summed E-state index contributed by atoms with van der Waals surface area (Å²) < 4.78 is 1.27. The number of aryl methyl sites for hydroxylation is 1. The van der Waals surface area contributed by atoms with Gasteiger partial charge in [-0.25, -0.2) is 4.68 Å². The Morgan fingerprint density at radius 3 is 2.38 bits per heavy atom. The predicted molar refractivity (Wildman–Crippen MR) is 103 cm³/mol. The molecule has 3 rings (SSSR count). The Hall–Kier alpha value is -2.21. The Balaban J connectivity index is 1.78. The third-order valence-corrected chi connectivity index (χ3v) is 4.90. The minimum absolute atomic E-state index is 0.0473. The highest BCUT2D eigenvalue weighted by atomic mass is 16.2. The molecule has 26 heavy (non-hydrogen) atoms. The van der Waals surface area contributed by atoms with E-state index >= 15 is 0 Å². The Morgan fingerprint density at radius 1 is 1.19 bits per heavy atom. The number of carbonyl (C=O) groups is 1. The lowest BCUT2D eigenvalue weighted by molar-refractivity contribution is -0.123. The molecule has 0 bridgehead atoms. The van der Waals surface area contributed by atoms with Crippen molar-refractivity contribution in [2.45, 2.75) is 71.1 Å². The topological polar surface area (TPSA) is 76.0 Å². The van der Waals surface area contributed by atoms with E-state index in [1.165, 1.54) is 4.68 Å². The van der Waals surface area contributed by atoms with Gasteiger partial charge in [-0.05, 0) is 53.5 Å². The molecule has 1 aliphatic heterocycles. The quantitative estimate of drug-likeness (QED) is 0.883. The lowest BCUT2D eigenvalue weighted by atomic mass is 9.79. The molecule has 0 atom stereocenters. The molecule has 1 saturated heterocycles. The van der Waals surface area contributed by atoms with E-state index in [9.17, 15) is 9.59 Å². The van der Waals surface area contributed by atoms with Crippen molar-refractivity contribution in [3.63, 3.8) is 0 Å². The first-order valence-corrected chi connectivity index (χ1v) is 9.11. The van der Waals surface area contributed by atoms with Crippen molar-refractivity contribution < 1.29 is 4.79 Å². The van der Waals surface area contributed by atoms with Crippen molar-refractivity contribution in [1.82, 2.24) is 20.4 Å². The van der Waals surface area contributed by atoms with Crippen LogP contribution in [-0.2, 0) is 11.3 Å². The molecule has 2 N–H and O–H groups in total. The molecule has 0 radical (unpaired) electrons. The molecule has 1 aliphatic rings. The van der Waals surface area contributed by atoms with E-state index in [4.69, 9.17) is 0 Å². The Bertz CT molecular complexity index is 882. The Morgan fingerprint density at radius 2 is 1.77 bits per heavy atom. The van der Waals surface area contributed by atoms with Crippen LogP contribution in [0.2, 0.25) is 0 Å². The molecule has 6 nitrogen and oxygen atoms in total. The minimum Gasteiger partial charge on any atom is -0.352 e. The SMILES string of the molecule is Cc1nn(CC(=O)NC2CC(C)(C)NC(C)(C)C2)c(=O)c2ccccc12. The number of nitrogens with zero attached hydrogens (tertiary/aromatic N) is 2. The third kappa shape index (κ3) is 3.96. The van der Waals surface area contributed by atoms with Crippen LogP contribution in [0.25, 0.3) is 10.8 Å². The zero-order chi connectivity index (χ0) is 19.1. The van der Waals surface area contributed by atoms with Crippen LogP contribution >= 0.6 is 0 Å². The normalized spacial score (nSPS) is 19.4. The first-order valence-electron chi connectivity index (χ1n) is 9.11. The second-order valence-electron chi connectivity index (χ2n) is 8.66. The van der Waals surface area contributed by atoms with E-state index in [1.807, 2.05) is 25.1 Å². The fourth-order valence-corrected chi connectivity index (χ4v) is 4.35. The average Bonchev–Trinajstić information content (AvgIpc) is 2.49. The number of piperidine rings is 1. The standard InChI is InChI=1S/C20H28N4O2/c1-13-15-8-6-7-9-16(15)18(26)24(22-13)12-17(25)21-14-10-19(2,3)23-20(4,5)11-14/h6-9,14,23H,10-12H2,1-5H3,(H,21,25). The maximum absolute atomic E-state index is 12.6. The van der Waals surface area contributed by atoms with Gasteiger partial charge >= 0.3 is 0 Å². The number of aromatic nitrogens is 2. The monoisotopic (exact) mass is 356 g/mol. The molecular formula is C20H28N4O2. The molecule has 0 spiro atoms. The number of benzene rings is 1. The molecule has 1 fully saturated rings. The summed E-state index contributed by atoms with van der Waals surface area (Å²) in [6, 6.07) is 7.44. The van der Waals surface area contributed by atoms with Crippen molar-refractivity contribution in [1.29, 1.82) is 0 Å². The molecule has 2 aromatic rings. The largest absolute Gasteiger partial charge is 0.352 e. The summed E-state index contributed by atoms with van der Waals surface area (Å²) in [5.41, 5.74) is 0.423. The summed E-state index contributed by atoms with van der Waals surface area (Å²) in [7, 11) is 0. The summed E-state index contributed by atoms with van der Waals surface area (Å²) in [4.78, 5) is 25.2. The first kappa shape index (κ1) is 18.6. The highest BCUT2D eigenvalue weighted by Crippen LogP contribution is 2.28. The number of amides is 1. The zero-order valence-corrected chi connectivity index (χ0v) is 16.2. The van der Waals surface area contributed by atoms with Gasteiger partial charge in [0.1, 0.15) is 6.54 Å². The van der Waals surface area contributed by atoms with Gasteiger partial charge in [0.25, 0.3) is 5.56 Å². The Kier molecular flexibility index (Phi) is 4.65. The maximum atomic E-state index is 12.6. The van der Waals surface area contributed by atoms with Gasteiger partial charge in [0.05, 0.1) is 11.1 Å². The molecular weight excluding hydrogens is 328 g/mol. The third-order valence-electron chi connectivity index (χ3n) is 4.90. The lowest BCUT2D eigenvalue weighted by Gasteiger charge is -2.46. The van der Waals surface area contributed by atoms with Crippen LogP contribution in [0.15, 0.2) is 29.1 Å².